The Labute approximate surface area is 272 Å². The summed E-state index contributed by atoms with van der Waals surface area (Å²) in [6, 6.07) is 1.09. The van der Waals surface area contributed by atoms with Crippen molar-refractivity contribution in [1.29, 1.82) is 0 Å². The highest BCUT2D eigenvalue weighted by Crippen LogP contribution is 2.60. The summed E-state index contributed by atoms with van der Waals surface area (Å²) < 4.78 is 90.1. The maximum absolute atomic E-state index is 15.3. The molecule has 1 spiro atoms. The SMILES string of the molecule is CC(C(=O)OCOP(=O)(OCOC(=O)OC1COC1)OC[C@@]1(CF)O[C@@H](n2ccc(=O)[nH]c2=O)[C@]2(C)OC3(CCCC3)O[C@H]12)C1COC1. The zero-order valence-corrected chi connectivity index (χ0v) is 27.2. The van der Waals surface area contributed by atoms with E-state index in [1.807, 2.05) is 0 Å². The monoisotopic (exact) mass is 708 g/mol. The highest BCUT2D eigenvalue weighted by Gasteiger charge is 2.72. The number of hydrogen-bond donors (Lipinski definition) is 1. The van der Waals surface area contributed by atoms with Crippen LogP contribution in [0.3, 0.4) is 0 Å². The van der Waals surface area contributed by atoms with Crippen molar-refractivity contribution in [3.63, 3.8) is 0 Å². The van der Waals surface area contributed by atoms with Crippen LogP contribution in [0.5, 0.6) is 0 Å². The van der Waals surface area contributed by atoms with Gasteiger partial charge >= 0.3 is 25.6 Å². The van der Waals surface area contributed by atoms with Gasteiger partial charge < -0.3 is 37.9 Å². The molecule has 5 aliphatic rings. The highest BCUT2D eigenvalue weighted by atomic mass is 31.2. The summed E-state index contributed by atoms with van der Waals surface area (Å²) in [4.78, 5) is 51.3. The van der Waals surface area contributed by atoms with Crippen molar-refractivity contribution < 1.29 is 70.0 Å². The number of phosphoric ester groups is 1. The molecule has 6 rings (SSSR count). The molecule has 1 saturated carbocycles. The molecule has 48 heavy (non-hydrogen) atoms. The zero-order chi connectivity index (χ0) is 34.2. The molecule has 2 unspecified atom stereocenters. The van der Waals surface area contributed by atoms with Gasteiger partial charge in [0.1, 0.15) is 18.4 Å². The van der Waals surface area contributed by atoms with E-state index in [1.54, 1.807) is 13.8 Å². The minimum atomic E-state index is -4.83. The first-order valence-electron chi connectivity index (χ1n) is 15.5. The Morgan fingerprint density at radius 1 is 1.06 bits per heavy atom. The number of aromatic nitrogens is 2. The van der Waals surface area contributed by atoms with Crippen LogP contribution in [0.25, 0.3) is 0 Å². The molecule has 0 amide bonds. The molecule has 0 aromatic carbocycles. The molecule has 268 valence electrons. The second-order valence-corrected chi connectivity index (χ2v) is 14.2. The van der Waals surface area contributed by atoms with Gasteiger partial charge in [0.2, 0.25) is 13.6 Å². The largest absolute Gasteiger partial charge is 0.510 e. The summed E-state index contributed by atoms with van der Waals surface area (Å²) in [6.07, 6.45) is -0.550. The first-order chi connectivity index (χ1) is 22.9. The first kappa shape index (κ1) is 35.1. The summed E-state index contributed by atoms with van der Waals surface area (Å²) in [7, 11) is -4.83. The predicted octanol–water partition coefficient (Wildman–Crippen LogP) is 1.67. The van der Waals surface area contributed by atoms with E-state index in [0.29, 0.717) is 26.1 Å². The van der Waals surface area contributed by atoms with Crippen molar-refractivity contribution >= 4 is 19.9 Å². The molecule has 0 radical (unpaired) electrons. The molecule has 5 heterocycles. The summed E-state index contributed by atoms with van der Waals surface area (Å²) in [5.74, 6) is -2.39. The van der Waals surface area contributed by atoms with Crippen LogP contribution in [0.15, 0.2) is 21.9 Å². The van der Waals surface area contributed by atoms with Crippen LogP contribution in [0.4, 0.5) is 9.18 Å². The summed E-state index contributed by atoms with van der Waals surface area (Å²) in [5, 5.41) is 0. The lowest BCUT2D eigenvalue weighted by Gasteiger charge is -2.34. The summed E-state index contributed by atoms with van der Waals surface area (Å²) in [5.41, 5.74) is -5.07. The number of rotatable bonds is 14. The normalized spacial score (nSPS) is 31.4. The number of ether oxygens (including phenoxy) is 8. The number of alkyl halides is 1. The number of esters is 1. The number of hydrogen-bond acceptors (Lipinski definition) is 16. The number of carbonyl (C=O) groups is 2. The quantitative estimate of drug-likeness (QED) is 0.166. The van der Waals surface area contributed by atoms with Gasteiger partial charge in [0.05, 0.1) is 39.0 Å². The number of H-pyrrole nitrogens is 1. The van der Waals surface area contributed by atoms with Gasteiger partial charge in [-0.3, -0.25) is 23.7 Å². The van der Waals surface area contributed by atoms with Crippen molar-refractivity contribution in [3.05, 3.63) is 33.1 Å². The number of phosphoric acid groups is 1. The Morgan fingerprint density at radius 2 is 1.75 bits per heavy atom. The lowest BCUT2D eigenvalue weighted by atomic mass is 9.88. The van der Waals surface area contributed by atoms with Crippen LogP contribution in [0.2, 0.25) is 0 Å². The van der Waals surface area contributed by atoms with E-state index in [1.165, 1.54) is 6.20 Å². The molecule has 20 heteroatoms. The average Bonchev–Trinajstić information content (AvgIpc) is 3.64. The fourth-order valence-electron chi connectivity index (χ4n) is 6.26. The molecular formula is C28H38FN2O16P. The molecule has 6 atom stereocenters. The second kappa shape index (κ2) is 13.9. The Bertz CT molecular complexity index is 1510. The van der Waals surface area contributed by atoms with Gasteiger partial charge in [0, 0.05) is 31.0 Å². The fraction of sp³-hybridized carbons (Fsp3) is 0.786. The number of aromatic amines is 1. The van der Waals surface area contributed by atoms with Crippen LogP contribution in [0.1, 0.15) is 45.8 Å². The molecule has 1 aromatic rings. The molecule has 0 bridgehead atoms. The van der Waals surface area contributed by atoms with Crippen molar-refractivity contribution in [2.45, 2.75) is 75.0 Å². The van der Waals surface area contributed by atoms with Gasteiger partial charge in [-0.1, -0.05) is 6.92 Å². The topological polar surface area (TPSA) is 208 Å². The average molecular weight is 709 g/mol. The van der Waals surface area contributed by atoms with E-state index >= 15 is 4.39 Å². The van der Waals surface area contributed by atoms with Crippen LogP contribution < -0.4 is 11.2 Å². The first-order valence-corrected chi connectivity index (χ1v) is 17.0. The Hall–Kier alpha value is -2.74. The molecule has 1 aromatic heterocycles. The van der Waals surface area contributed by atoms with E-state index in [2.05, 4.69) is 4.98 Å². The Kier molecular flexibility index (Phi) is 10.1. The van der Waals surface area contributed by atoms with Crippen LogP contribution in [-0.4, -0.2) is 104 Å². The van der Waals surface area contributed by atoms with Crippen LogP contribution in [-0.2, 0) is 60.8 Å². The Morgan fingerprint density at radius 3 is 2.35 bits per heavy atom. The van der Waals surface area contributed by atoms with Gasteiger partial charge in [-0.15, -0.1) is 0 Å². The van der Waals surface area contributed by atoms with E-state index in [4.69, 9.17) is 51.5 Å². The molecule has 1 aliphatic carbocycles. The molecule has 4 saturated heterocycles. The van der Waals surface area contributed by atoms with Gasteiger partial charge in [-0.25, -0.2) is 27.6 Å². The standard InChI is InChI=1S/C28H38FN2O16P/c1-17(18-9-37-10-18)21(33)39-15-42-48(36,43-16-40-25(35)44-19-11-38-12-19)41-14-27(13-29)22-26(2,47-28(45-22)6-3-4-7-28)23(46-27)31-8-5-20(32)30-24(31)34/h5,8,17-19,22-23H,3-4,6-7,9-16H2,1-2H3,(H,30,32,34)/t17?,22-,23+,26+,27+,48?/m0/s1. The van der Waals surface area contributed by atoms with Crippen molar-refractivity contribution in [2.75, 3.05) is 53.3 Å². The summed E-state index contributed by atoms with van der Waals surface area (Å²) in [6.45, 7) is 0.309. The molecule has 4 aliphatic heterocycles. The maximum Gasteiger partial charge on any atom is 0.510 e. The maximum atomic E-state index is 15.3. The fourth-order valence-corrected chi connectivity index (χ4v) is 7.22. The van der Waals surface area contributed by atoms with Crippen LogP contribution >= 0.6 is 7.82 Å². The summed E-state index contributed by atoms with van der Waals surface area (Å²) >= 11 is 0. The minimum absolute atomic E-state index is 0.0600. The van der Waals surface area contributed by atoms with Gasteiger partial charge in [-0.05, 0) is 19.8 Å². The number of nitrogens with zero attached hydrogens (tertiary/aromatic N) is 1. The lowest BCUT2D eigenvalue weighted by Crippen LogP contribution is -2.51. The minimum Gasteiger partial charge on any atom is -0.438 e. The smallest absolute Gasteiger partial charge is 0.438 e. The number of halogens is 1. The van der Waals surface area contributed by atoms with E-state index in [0.717, 1.165) is 23.5 Å². The lowest BCUT2D eigenvalue weighted by molar-refractivity contribution is -0.253. The molecule has 18 nitrogen and oxygen atoms in total. The van der Waals surface area contributed by atoms with E-state index in [-0.39, 0.29) is 19.1 Å². The van der Waals surface area contributed by atoms with E-state index < -0.39 is 99.4 Å². The van der Waals surface area contributed by atoms with Crippen LogP contribution in [0, 0.1) is 11.8 Å². The third-order valence-electron chi connectivity index (χ3n) is 9.15. The van der Waals surface area contributed by atoms with Crippen molar-refractivity contribution in [2.24, 2.45) is 11.8 Å². The zero-order valence-electron chi connectivity index (χ0n) is 26.3. The van der Waals surface area contributed by atoms with E-state index in [9.17, 15) is 23.7 Å². The van der Waals surface area contributed by atoms with Crippen molar-refractivity contribution in [3.8, 4) is 0 Å². The molecule has 5 fully saturated rings. The number of carbonyl (C=O) groups excluding carboxylic acids is 2. The van der Waals surface area contributed by atoms with Gasteiger partial charge in [0.15, 0.2) is 23.7 Å². The Balaban J connectivity index is 1.20. The third kappa shape index (κ3) is 6.97. The van der Waals surface area contributed by atoms with Gasteiger partial charge in [0.25, 0.3) is 5.56 Å². The second-order valence-electron chi connectivity index (χ2n) is 12.5. The van der Waals surface area contributed by atoms with Crippen molar-refractivity contribution in [1.82, 2.24) is 9.55 Å². The highest BCUT2D eigenvalue weighted by molar-refractivity contribution is 7.48. The van der Waals surface area contributed by atoms with Gasteiger partial charge in [-0.2, -0.15) is 0 Å². The molecular weight excluding hydrogens is 670 g/mol. The predicted molar refractivity (Wildman–Crippen MR) is 153 cm³/mol. The number of nitrogens with one attached hydrogen (secondary N) is 1. The molecule has 1 N–H and O–H groups in total. The third-order valence-corrected chi connectivity index (χ3v) is 10.4. The number of fused-ring (bicyclic) bond motifs is 1.